The molecule has 0 aliphatic carbocycles. The lowest BCUT2D eigenvalue weighted by Crippen LogP contribution is -2.38. The number of imidazole rings is 1. The smallest absolute Gasteiger partial charge is 0.437 e. The molecule has 2 rings (SSSR count). The van der Waals surface area contributed by atoms with Crippen LogP contribution < -0.4 is 21.6 Å². The molecule has 3 N–H and O–H groups in total. The second-order valence-corrected chi connectivity index (χ2v) is 12.9. The highest BCUT2D eigenvalue weighted by atomic mass is 16.7. The summed E-state index contributed by atoms with van der Waals surface area (Å²) < 4.78 is 25.3. The number of nitrogens with zero attached hydrogens (tertiary/aromatic N) is 3. The van der Waals surface area contributed by atoms with Crippen molar-refractivity contribution >= 4 is 18.2 Å². The molecule has 2 amide bonds. The Kier molecular flexibility index (Phi) is 12.0. The van der Waals surface area contributed by atoms with E-state index in [-0.39, 0.29) is 6.61 Å². The monoisotopic (exact) mass is 605 g/mol. The van der Waals surface area contributed by atoms with Crippen molar-refractivity contribution in [2.24, 2.45) is 17.9 Å². The second kappa shape index (κ2) is 14.6. The fraction of sp³-hybridized carbons (Fsp3) is 0.600. The van der Waals surface area contributed by atoms with Gasteiger partial charge in [0.05, 0.1) is 5.69 Å². The van der Waals surface area contributed by atoms with Crippen molar-refractivity contribution in [3.8, 4) is 17.0 Å². The molecular formula is C30H47N5O8. The fourth-order valence-corrected chi connectivity index (χ4v) is 3.71. The number of aromatic nitrogens is 2. The number of amides is 2. The summed E-state index contributed by atoms with van der Waals surface area (Å²) in [5.74, 6) is 5.15. The van der Waals surface area contributed by atoms with E-state index in [0.29, 0.717) is 30.9 Å². The number of carbonyl (C=O) groups excluding carboxylic acids is 3. The first-order valence-electron chi connectivity index (χ1n) is 14.1. The lowest BCUT2D eigenvalue weighted by atomic mass is 10.1. The van der Waals surface area contributed by atoms with Gasteiger partial charge < -0.3 is 33.4 Å². The van der Waals surface area contributed by atoms with Crippen LogP contribution in [-0.4, -0.2) is 63.3 Å². The van der Waals surface area contributed by atoms with Gasteiger partial charge in [-0.05, 0) is 98.6 Å². The summed E-state index contributed by atoms with van der Waals surface area (Å²) in [5.41, 5.74) is -0.0206. The van der Waals surface area contributed by atoms with E-state index in [4.69, 9.17) is 29.7 Å². The first-order chi connectivity index (χ1) is 19.8. The summed E-state index contributed by atoms with van der Waals surface area (Å²) in [5, 5.41) is 2.74. The number of hydrogen-bond donors (Lipinski definition) is 2. The number of esters is 1. The Bertz CT molecular complexity index is 1310. The summed E-state index contributed by atoms with van der Waals surface area (Å²) in [7, 11) is 1.79. The quantitative estimate of drug-likeness (QED) is 0.175. The van der Waals surface area contributed by atoms with Crippen molar-refractivity contribution in [1.29, 1.82) is 0 Å². The molecule has 2 aromatic rings. The van der Waals surface area contributed by atoms with Crippen LogP contribution in [0.2, 0.25) is 0 Å². The molecule has 1 heterocycles. The lowest BCUT2D eigenvalue weighted by molar-refractivity contribution is -0.170. The Labute approximate surface area is 253 Å². The van der Waals surface area contributed by atoms with Crippen LogP contribution in [-0.2, 0) is 37.4 Å². The molecule has 43 heavy (non-hydrogen) atoms. The average Bonchev–Trinajstić information content (AvgIpc) is 3.14. The minimum absolute atomic E-state index is 0.134. The molecule has 0 spiro atoms. The van der Waals surface area contributed by atoms with Gasteiger partial charge in [0.1, 0.15) is 29.2 Å². The maximum atomic E-state index is 12.6. The van der Waals surface area contributed by atoms with Gasteiger partial charge in [-0.25, -0.2) is 20.3 Å². The Morgan fingerprint density at radius 3 is 2.02 bits per heavy atom. The summed E-state index contributed by atoms with van der Waals surface area (Å²) >= 11 is 0. The van der Waals surface area contributed by atoms with Crippen LogP contribution in [0.3, 0.4) is 0 Å². The van der Waals surface area contributed by atoms with Gasteiger partial charge in [-0.3, -0.25) is 4.84 Å². The number of carbonyl (C=O) groups is 3. The van der Waals surface area contributed by atoms with Crippen LogP contribution in [0, 0.1) is 0 Å². The number of aryl methyl sites for hydroxylation is 1. The summed E-state index contributed by atoms with van der Waals surface area (Å²) in [6.45, 7) is 16.6. The zero-order valence-corrected chi connectivity index (χ0v) is 27.0. The Hall–Kier alpha value is -3.84. The van der Waals surface area contributed by atoms with Gasteiger partial charge in [-0.2, -0.15) is 0 Å². The van der Waals surface area contributed by atoms with Gasteiger partial charge in [0.15, 0.2) is 0 Å². The van der Waals surface area contributed by atoms with Gasteiger partial charge >= 0.3 is 18.2 Å². The molecule has 240 valence electrons. The predicted octanol–water partition coefficient (Wildman–Crippen LogP) is 4.22. The first kappa shape index (κ1) is 35.4. The molecule has 1 atom stereocenters. The molecule has 1 aromatic heterocycles. The van der Waals surface area contributed by atoms with E-state index in [9.17, 15) is 14.4 Å². The lowest BCUT2D eigenvalue weighted by Gasteiger charge is -2.22. The Balaban J connectivity index is 2.24. The van der Waals surface area contributed by atoms with E-state index in [1.807, 2.05) is 22.9 Å². The Morgan fingerprint density at radius 2 is 1.49 bits per heavy atom. The van der Waals surface area contributed by atoms with Crippen molar-refractivity contribution in [1.82, 2.24) is 14.5 Å². The zero-order chi connectivity index (χ0) is 32.6. The maximum absolute atomic E-state index is 12.6. The minimum Gasteiger partial charge on any atom is -0.490 e. The van der Waals surface area contributed by atoms with Crippen LogP contribution >= 0.6 is 0 Å². The zero-order valence-electron chi connectivity index (χ0n) is 27.0. The van der Waals surface area contributed by atoms with E-state index in [1.165, 1.54) is 0 Å². The number of benzene rings is 1. The topological polar surface area (TPSA) is 158 Å². The predicted molar refractivity (Wildman–Crippen MR) is 160 cm³/mol. The molecule has 0 unspecified atom stereocenters. The molecule has 0 saturated heterocycles. The van der Waals surface area contributed by atoms with Crippen LogP contribution in [0.25, 0.3) is 11.3 Å². The average molecular weight is 606 g/mol. The molecule has 13 heteroatoms. The van der Waals surface area contributed by atoms with Crippen molar-refractivity contribution in [3.05, 3.63) is 36.1 Å². The van der Waals surface area contributed by atoms with Gasteiger partial charge in [0, 0.05) is 26.3 Å². The number of ether oxygens (including phenoxy) is 4. The number of alkyl carbamates (subject to hydrolysis) is 1. The van der Waals surface area contributed by atoms with Crippen LogP contribution in [0.15, 0.2) is 35.5 Å². The third-order valence-corrected chi connectivity index (χ3v) is 5.41. The summed E-state index contributed by atoms with van der Waals surface area (Å²) in [4.78, 5) is 45.9. The molecule has 0 aliphatic rings. The molecule has 0 radical (unpaired) electrons. The number of nitrogens with one attached hydrogen (secondary N) is 1. The number of nitrogens with two attached hydrogens (primary N) is 1. The van der Waals surface area contributed by atoms with E-state index in [1.54, 1.807) is 86.1 Å². The van der Waals surface area contributed by atoms with Gasteiger partial charge in [0.2, 0.25) is 11.7 Å². The second-order valence-electron chi connectivity index (χ2n) is 12.9. The third-order valence-electron chi connectivity index (χ3n) is 5.41. The highest BCUT2D eigenvalue weighted by Gasteiger charge is 2.26. The molecule has 0 fully saturated rings. The van der Waals surface area contributed by atoms with E-state index < -0.39 is 41.1 Å². The largest absolute Gasteiger partial charge is 0.490 e. The molecule has 1 aromatic carbocycles. The third kappa shape index (κ3) is 12.5. The normalized spacial score (nSPS) is 13.3. The van der Waals surface area contributed by atoms with Gasteiger partial charge in [-0.1, -0.05) is 0 Å². The molecule has 13 nitrogen and oxygen atoms in total. The maximum Gasteiger partial charge on any atom is 0.437 e. The summed E-state index contributed by atoms with van der Waals surface area (Å²) in [6.07, 6.45) is 0.119. The summed E-state index contributed by atoms with van der Waals surface area (Å²) in [6, 6.07) is 7.15. The van der Waals surface area contributed by atoms with Gasteiger partial charge in [0.25, 0.3) is 0 Å². The van der Waals surface area contributed by atoms with Crippen molar-refractivity contribution < 1.29 is 38.2 Å². The van der Waals surface area contributed by atoms with Gasteiger partial charge in [-0.15, -0.1) is 4.99 Å². The minimum atomic E-state index is -1.09. The Morgan fingerprint density at radius 1 is 0.907 bits per heavy atom. The SMILES string of the molecule is Cn1c(-c2ccc(OC[C@H](ON)C(=O)OC(C)(C)C)cc2)cn(CCCNC(=O)OC(C)(C)C)/c1=N\C(=O)OC(C)(C)C. The van der Waals surface area contributed by atoms with Crippen LogP contribution in [0.1, 0.15) is 68.7 Å². The van der Waals surface area contributed by atoms with Crippen molar-refractivity contribution in [3.63, 3.8) is 0 Å². The molecule has 0 saturated carbocycles. The van der Waals surface area contributed by atoms with E-state index >= 15 is 0 Å². The van der Waals surface area contributed by atoms with E-state index in [2.05, 4.69) is 10.3 Å². The first-order valence-corrected chi connectivity index (χ1v) is 14.1. The van der Waals surface area contributed by atoms with Crippen molar-refractivity contribution in [2.75, 3.05) is 13.2 Å². The highest BCUT2D eigenvalue weighted by molar-refractivity contribution is 5.75. The van der Waals surface area contributed by atoms with Crippen molar-refractivity contribution in [2.45, 2.75) is 98.2 Å². The molecule has 0 aliphatic heterocycles. The van der Waals surface area contributed by atoms with Crippen LogP contribution in [0.4, 0.5) is 9.59 Å². The number of hydrogen-bond acceptors (Lipinski definition) is 9. The number of rotatable bonds is 10. The van der Waals surface area contributed by atoms with E-state index in [0.717, 1.165) is 11.3 Å². The fourth-order valence-electron chi connectivity index (χ4n) is 3.71. The molecule has 0 bridgehead atoms. The highest BCUT2D eigenvalue weighted by Crippen LogP contribution is 2.22. The standard InChI is InChI=1S/C30H47N5O8/c1-28(2,3)40-24(36)23(43-31)19-39-21-14-12-20(13-15-21)22-18-35(17-11-16-32-26(37)41-29(4,5)6)25(34(22)10)33-27(38)42-30(7,8)9/h12-15,18,23H,11,16-17,19,31H2,1-10H3,(H,32,37)/b33-25-/t23-/m0/s1. The van der Waals surface area contributed by atoms with Crippen LogP contribution in [0.5, 0.6) is 5.75 Å². The molecular weight excluding hydrogens is 558 g/mol.